The zero-order valence-corrected chi connectivity index (χ0v) is 20.2. The van der Waals surface area contributed by atoms with E-state index in [1.54, 1.807) is 27.9 Å². The van der Waals surface area contributed by atoms with Gasteiger partial charge in [0, 0.05) is 17.8 Å². The standard InChI is InChI=1S/C20H32O6.C3H9NO2/c1-7-17(4)10-12(22)20(25)18(5)11(21)8-9-16(2,3)14(18)13(23)15(24)19(20,6)26-17;1-4(2)3(5)6/h7,11,13-15,21,23-25H,1,8-10H2,2-6H3;3,5-6H,1-2H3/t11-,13-,14-,15-,17-,18-,19+,20-;/m0./s1. The Bertz CT molecular complexity index is 736. The largest absolute Gasteiger partial charge is 0.392 e. The first-order chi connectivity index (χ1) is 14.4. The second-order valence-corrected chi connectivity index (χ2v) is 11.1. The molecule has 32 heavy (non-hydrogen) atoms. The molecule has 3 fully saturated rings. The predicted molar refractivity (Wildman–Crippen MR) is 117 cm³/mol. The average Bonchev–Trinajstić information content (AvgIpc) is 2.67. The van der Waals surface area contributed by atoms with E-state index in [9.17, 15) is 25.2 Å². The molecule has 0 bridgehead atoms. The molecule has 0 unspecified atom stereocenters. The van der Waals surface area contributed by atoms with E-state index in [0.29, 0.717) is 12.8 Å². The Morgan fingerprint density at radius 3 is 2.06 bits per heavy atom. The van der Waals surface area contributed by atoms with Crippen molar-refractivity contribution in [2.24, 2.45) is 16.7 Å². The molecule has 3 aliphatic rings. The lowest BCUT2D eigenvalue weighted by molar-refractivity contribution is -0.370. The van der Waals surface area contributed by atoms with Gasteiger partial charge < -0.3 is 35.4 Å². The summed E-state index contributed by atoms with van der Waals surface area (Å²) >= 11 is 0. The Hall–Kier alpha value is -0.910. The highest BCUT2D eigenvalue weighted by Crippen LogP contribution is 2.66. The van der Waals surface area contributed by atoms with Gasteiger partial charge in [-0.05, 0) is 46.2 Å². The van der Waals surface area contributed by atoms with E-state index in [1.165, 1.54) is 17.9 Å². The minimum absolute atomic E-state index is 0.110. The molecule has 0 amide bonds. The van der Waals surface area contributed by atoms with Crippen LogP contribution in [0, 0.1) is 16.7 Å². The second-order valence-electron chi connectivity index (χ2n) is 11.1. The summed E-state index contributed by atoms with van der Waals surface area (Å²) in [7, 11) is 3.15. The summed E-state index contributed by atoms with van der Waals surface area (Å²) in [5.41, 5.74) is -6.82. The van der Waals surface area contributed by atoms with Crippen LogP contribution in [0.5, 0.6) is 0 Å². The Morgan fingerprint density at radius 1 is 1.12 bits per heavy atom. The van der Waals surface area contributed by atoms with Crippen LogP contribution in [0.2, 0.25) is 0 Å². The van der Waals surface area contributed by atoms with Crippen LogP contribution < -0.4 is 0 Å². The van der Waals surface area contributed by atoms with Gasteiger partial charge in [0.1, 0.15) is 11.7 Å². The molecule has 9 nitrogen and oxygen atoms in total. The van der Waals surface area contributed by atoms with Gasteiger partial charge in [0.2, 0.25) is 6.41 Å². The van der Waals surface area contributed by atoms with Gasteiger partial charge in [0.15, 0.2) is 11.4 Å². The van der Waals surface area contributed by atoms with Crippen LogP contribution in [0.3, 0.4) is 0 Å². The molecule has 8 atom stereocenters. The summed E-state index contributed by atoms with van der Waals surface area (Å²) < 4.78 is 6.09. The fourth-order valence-corrected chi connectivity index (χ4v) is 6.32. The van der Waals surface area contributed by atoms with Crippen LogP contribution >= 0.6 is 0 Å². The van der Waals surface area contributed by atoms with E-state index >= 15 is 0 Å². The third-order valence-corrected chi connectivity index (χ3v) is 8.22. The lowest BCUT2D eigenvalue weighted by atomic mass is 9.40. The first-order valence-electron chi connectivity index (χ1n) is 11.0. The number of hydrogen-bond donors (Lipinski definition) is 6. The molecule has 0 aromatic heterocycles. The molecule has 2 saturated carbocycles. The molecule has 3 rings (SSSR count). The van der Waals surface area contributed by atoms with E-state index in [0.717, 1.165) is 0 Å². The molecule has 1 heterocycles. The third-order valence-electron chi connectivity index (χ3n) is 8.22. The molecule has 0 radical (unpaired) electrons. The SMILES string of the molecule is C=C[C@@]1(C)CC(=O)[C@]2(O)[C@@]3(C)[C@@H](O)CCC(C)(C)[C@@H]3[C@H](O)[C@H](O)[C@@]2(C)O1.CN(C)C(O)O. The first kappa shape index (κ1) is 27.3. The highest BCUT2D eigenvalue weighted by atomic mass is 16.6. The minimum Gasteiger partial charge on any atom is -0.392 e. The first-order valence-corrected chi connectivity index (χ1v) is 11.0. The quantitative estimate of drug-likeness (QED) is 0.243. The normalized spacial score (nSPS) is 47.9. The molecular weight excluding hydrogens is 418 g/mol. The molecular formula is C23H41NO8. The highest BCUT2D eigenvalue weighted by Gasteiger charge is 2.80. The number of aliphatic hydroxyl groups is 6. The minimum atomic E-state index is -2.14. The number of aliphatic hydroxyl groups excluding tert-OH is 4. The van der Waals surface area contributed by atoms with E-state index in [-0.39, 0.29) is 6.42 Å². The van der Waals surface area contributed by atoms with Gasteiger partial charge in [0.25, 0.3) is 0 Å². The molecule has 2 aliphatic carbocycles. The van der Waals surface area contributed by atoms with Gasteiger partial charge in [-0.15, -0.1) is 6.58 Å². The van der Waals surface area contributed by atoms with Crippen molar-refractivity contribution in [2.45, 2.75) is 95.4 Å². The maximum atomic E-state index is 13.3. The number of rotatable bonds is 2. The van der Waals surface area contributed by atoms with Gasteiger partial charge in [-0.25, -0.2) is 0 Å². The van der Waals surface area contributed by atoms with Crippen LogP contribution in [0.15, 0.2) is 12.7 Å². The summed E-state index contributed by atoms with van der Waals surface area (Å²) in [6.45, 7) is 12.3. The van der Waals surface area contributed by atoms with E-state index < -0.39 is 64.1 Å². The van der Waals surface area contributed by atoms with Crippen LogP contribution in [0.4, 0.5) is 0 Å². The summed E-state index contributed by atoms with van der Waals surface area (Å²) in [5, 5.41) is 61.1. The predicted octanol–water partition coefficient (Wildman–Crippen LogP) is -0.235. The van der Waals surface area contributed by atoms with Gasteiger partial charge in [0.05, 0.1) is 17.8 Å². The smallest absolute Gasteiger partial charge is 0.213 e. The number of carbonyl (C=O) groups excluding carboxylic acids is 1. The number of Topliss-reactive ketones (excluding diaryl/α,β-unsaturated/α-hetero) is 1. The van der Waals surface area contributed by atoms with Crippen molar-refractivity contribution in [1.82, 2.24) is 4.90 Å². The zero-order chi connectivity index (χ0) is 25.1. The third kappa shape index (κ3) is 3.67. The van der Waals surface area contributed by atoms with Gasteiger partial charge >= 0.3 is 0 Å². The summed E-state index contributed by atoms with van der Waals surface area (Å²) in [6, 6.07) is 0. The Labute approximate surface area is 190 Å². The molecule has 186 valence electrons. The molecule has 1 aliphatic heterocycles. The molecule has 6 N–H and O–H groups in total. The molecule has 1 saturated heterocycles. The van der Waals surface area contributed by atoms with Crippen LogP contribution in [0.1, 0.15) is 53.9 Å². The fourth-order valence-electron chi connectivity index (χ4n) is 6.32. The summed E-state index contributed by atoms with van der Waals surface area (Å²) in [5.74, 6) is -1.17. The zero-order valence-electron chi connectivity index (χ0n) is 20.2. The van der Waals surface area contributed by atoms with Gasteiger partial charge in [-0.2, -0.15) is 0 Å². The molecule has 0 aromatic carbocycles. The second kappa shape index (κ2) is 8.39. The van der Waals surface area contributed by atoms with E-state index in [2.05, 4.69) is 6.58 Å². The maximum absolute atomic E-state index is 13.3. The highest BCUT2D eigenvalue weighted by molar-refractivity contribution is 5.92. The average molecular weight is 460 g/mol. The van der Waals surface area contributed by atoms with E-state index in [4.69, 9.17) is 14.9 Å². The summed E-state index contributed by atoms with van der Waals surface area (Å²) in [6.07, 6.45) is -2.69. The van der Waals surface area contributed by atoms with Crippen LogP contribution in [0.25, 0.3) is 0 Å². The van der Waals surface area contributed by atoms with Crippen LogP contribution in [-0.4, -0.2) is 96.9 Å². The lowest BCUT2D eigenvalue weighted by Crippen LogP contribution is -2.86. The Morgan fingerprint density at radius 2 is 1.62 bits per heavy atom. The van der Waals surface area contributed by atoms with Crippen molar-refractivity contribution < 1.29 is 40.2 Å². The number of hydrogen-bond acceptors (Lipinski definition) is 9. The molecule has 0 spiro atoms. The topological polar surface area (TPSA) is 151 Å². The lowest BCUT2D eigenvalue weighted by Gasteiger charge is -2.71. The van der Waals surface area contributed by atoms with Crippen LogP contribution in [-0.2, 0) is 9.53 Å². The van der Waals surface area contributed by atoms with Crippen molar-refractivity contribution in [3.63, 3.8) is 0 Å². The number of fused-ring (bicyclic) bond motifs is 3. The number of ether oxygens (including phenoxy) is 1. The van der Waals surface area contributed by atoms with Gasteiger partial charge in [-0.3, -0.25) is 9.69 Å². The van der Waals surface area contributed by atoms with Crippen molar-refractivity contribution in [1.29, 1.82) is 0 Å². The fraction of sp³-hybridized carbons (Fsp3) is 0.870. The monoisotopic (exact) mass is 459 g/mol. The summed E-state index contributed by atoms with van der Waals surface area (Å²) in [4.78, 5) is 14.6. The number of nitrogens with zero attached hydrogens (tertiary/aromatic N) is 1. The van der Waals surface area contributed by atoms with Crippen molar-refractivity contribution in [3.05, 3.63) is 12.7 Å². The van der Waals surface area contributed by atoms with Crippen molar-refractivity contribution in [3.8, 4) is 0 Å². The Balaban J connectivity index is 0.000000534. The number of ketones is 1. The van der Waals surface area contributed by atoms with Gasteiger partial charge in [-0.1, -0.05) is 26.8 Å². The Kier molecular flexibility index (Phi) is 7.17. The van der Waals surface area contributed by atoms with E-state index in [1.807, 2.05) is 13.8 Å². The maximum Gasteiger partial charge on any atom is 0.213 e. The number of carbonyl (C=O) groups is 1. The molecule has 9 heteroatoms. The van der Waals surface area contributed by atoms with Crippen molar-refractivity contribution in [2.75, 3.05) is 14.1 Å². The van der Waals surface area contributed by atoms with Crippen molar-refractivity contribution >= 4 is 5.78 Å². The molecule has 0 aromatic rings.